The van der Waals surface area contributed by atoms with Crippen molar-refractivity contribution in [3.63, 3.8) is 0 Å². The lowest BCUT2D eigenvalue weighted by atomic mass is 9.76. The van der Waals surface area contributed by atoms with E-state index in [1.807, 2.05) is 0 Å². The largest absolute Gasteiger partial charge is 0.358 e. The summed E-state index contributed by atoms with van der Waals surface area (Å²) < 4.78 is 0. The van der Waals surface area contributed by atoms with Crippen molar-refractivity contribution in [3.05, 3.63) is 46.6 Å². The summed E-state index contributed by atoms with van der Waals surface area (Å²) in [5.41, 5.74) is 9.26. The molecule has 22 heavy (non-hydrogen) atoms. The molecule has 1 heteroatoms. The van der Waals surface area contributed by atoms with Gasteiger partial charge >= 0.3 is 0 Å². The molecule has 1 fully saturated rings. The topological polar surface area (TPSA) is 15.8 Å². The van der Waals surface area contributed by atoms with Crippen LogP contribution in [0.4, 0.5) is 0 Å². The number of aromatic amines is 1. The van der Waals surface area contributed by atoms with E-state index in [2.05, 4.69) is 56.9 Å². The van der Waals surface area contributed by atoms with Crippen LogP contribution in [0.15, 0.2) is 24.3 Å². The van der Waals surface area contributed by atoms with Crippen LogP contribution in [0.3, 0.4) is 0 Å². The van der Waals surface area contributed by atoms with Crippen molar-refractivity contribution >= 4 is 0 Å². The molecule has 0 unspecified atom stereocenters. The zero-order valence-electron chi connectivity index (χ0n) is 14.3. The Morgan fingerprint density at radius 2 is 1.64 bits per heavy atom. The highest BCUT2D eigenvalue weighted by Crippen LogP contribution is 2.57. The molecule has 1 spiro atoms. The van der Waals surface area contributed by atoms with E-state index in [-0.39, 0.29) is 0 Å². The van der Waals surface area contributed by atoms with Crippen molar-refractivity contribution in [2.45, 2.75) is 70.6 Å². The minimum atomic E-state index is 0.305. The highest BCUT2D eigenvalue weighted by molar-refractivity contribution is 5.80. The van der Waals surface area contributed by atoms with Crippen LogP contribution in [0, 0.1) is 0 Å². The maximum Gasteiger partial charge on any atom is 0.0500 e. The number of hydrogen-bond donors (Lipinski definition) is 1. The number of nitrogens with one attached hydrogen (secondary N) is 1. The van der Waals surface area contributed by atoms with Crippen LogP contribution in [0.1, 0.15) is 87.6 Å². The molecule has 1 N–H and O–H groups in total. The molecule has 1 saturated carbocycles. The molecule has 1 aromatic carbocycles. The molecule has 2 aliphatic carbocycles. The van der Waals surface area contributed by atoms with Crippen LogP contribution in [0.5, 0.6) is 0 Å². The van der Waals surface area contributed by atoms with Crippen LogP contribution >= 0.6 is 0 Å². The first kappa shape index (κ1) is 14.1. The van der Waals surface area contributed by atoms with Gasteiger partial charge in [0.15, 0.2) is 0 Å². The smallest absolute Gasteiger partial charge is 0.0500 e. The van der Waals surface area contributed by atoms with Crippen LogP contribution < -0.4 is 0 Å². The number of H-pyrrole nitrogens is 1. The van der Waals surface area contributed by atoms with Gasteiger partial charge in [-0.15, -0.1) is 0 Å². The lowest BCUT2D eigenvalue weighted by Gasteiger charge is -2.26. The quantitative estimate of drug-likeness (QED) is 0.688. The fraction of sp³-hybridized carbons (Fsp3) is 0.524. The summed E-state index contributed by atoms with van der Waals surface area (Å²) in [6.07, 6.45) is 5.38. The molecule has 4 rings (SSSR count). The molecule has 2 aliphatic rings. The highest BCUT2D eigenvalue weighted by Gasteiger charge is 2.46. The normalized spacial score (nSPS) is 18.5. The Kier molecular flexibility index (Phi) is 3.04. The second kappa shape index (κ2) is 4.75. The average Bonchev–Trinajstić information content (AvgIpc) is 3.18. The monoisotopic (exact) mass is 293 g/mol. The minimum absolute atomic E-state index is 0.305. The molecule has 0 aliphatic heterocycles. The van der Waals surface area contributed by atoms with Crippen LogP contribution in [-0.2, 0) is 5.41 Å². The standard InChI is InChI=1S/C21H27N/c1-13(2)15-7-8-16-17(11-15)21(9-5-6-10-21)18-12-19(14(3)4)22-20(16)18/h7-8,11-14,22H,5-6,9-10H2,1-4H3. The number of benzene rings is 1. The molecule has 0 saturated heterocycles. The number of rotatable bonds is 2. The van der Waals surface area contributed by atoms with E-state index in [9.17, 15) is 0 Å². The molecule has 1 heterocycles. The van der Waals surface area contributed by atoms with Crippen molar-refractivity contribution in [3.8, 4) is 11.3 Å². The van der Waals surface area contributed by atoms with Gasteiger partial charge in [-0.3, -0.25) is 0 Å². The van der Waals surface area contributed by atoms with Gasteiger partial charge < -0.3 is 4.98 Å². The molecule has 2 aromatic rings. The van der Waals surface area contributed by atoms with Gasteiger partial charge in [-0.1, -0.05) is 58.7 Å². The third-order valence-corrected chi connectivity index (χ3v) is 5.93. The van der Waals surface area contributed by atoms with E-state index in [0.717, 1.165) is 0 Å². The van der Waals surface area contributed by atoms with Gasteiger partial charge in [-0.25, -0.2) is 0 Å². The van der Waals surface area contributed by atoms with Gasteiger partial charge in [0.25, 0.3) is 0 Å². The molecular formula is C21H27N. The summed E-state index contributed by atoms with van der Waals surface area (Å²) in [5.74, 6) is 1.18. The average molecular weight is 293 g/mol. The second-order valence-corrected chi connectivity index (χ2v) is 7.92. The van der Waals surface area contributed by atoms with Crippen LogP contribution in [-0.4, -0.2) is 4.98 Å². The molecular weight excluding hydrogens is 266 g/mol. The van der Waals surface area contributed by atoms with Gasteiger partial charge in [0.05, 0.1) is 5.69 Å². The minimum Gasteiger partial charge on any atom is -0.358 e. The maximum absolute atomic E-state index is 3.75. The van der Waals surface area contributed by atoms with Gasteiger partial charge in [0.1, 0.15) is 0 Å². The van der Waals surface area contributed by atoms with Crippen molar-refractivity contribution in [1.82, 2.24) is 4.98 Å². The fourth-order valence-electron chi connectivity index (χ4n) is 4.57. The number of fused-ring (bicyclic) bond motifs is 5. The summed E-state index contributed by atoms with van der Waals surface area (Å²) in [6.45, 7) is 9.17. The number of aromatic nitrogens is 1. The zero-order valence-corrected chi connectivity index (χ0v) is 14.3. The van der Waals surface area contributed by atoms with E-state index in [1.54, 1.807) is 11.1 Å². The summed E-state index contributed by atoms with van der Waals surface area (Å²) in [6, 6.07) is 9.68. The predicted octanol–water partition coefficient (Wildman–Crippen LogP) is 6.10. The van der Waals surface area contributed by atoms with Crippen molar-refractivity contribution in [1.29, 1.82) is 0 Å². The van der Waals surface area contributed by atoms with E-state index >= 15 is 0 Å². The first-order valence-electron chi connectivity index (χ1n) is 8.91. The van der Waals surface area contributed by atoms with Gasteiger partial charge in [-0.05, 0) is 47.4 Å². The van der Waals surface area contributed by atoms with Crippen molar-refractivity contribution in [2.75, 3.05) is 0 Å². The van der Waals surface area contributed by atoms with Gasteiger partial charge in [-0.2, -0.15) is 0 Å². The molecule has 0 radical (unpaired) electrons. The van der Waals surface area contributed by atoms with Crippen molar-refractivity contribution in [2.24, 2.45) is 0 Å². The van der Waals surface area contributed by atoms with E-state index < -0.39 is 0 Å². The first-order valence-corrected chi connectivity index (χ1v) is 8.91. The molecule has 116 valence electrons. The Bertz CT molecular complexity index is 712. The Balaban J connectivity index is 1.95. The van der Waals surface area contributed by atoms with Crippen molar-refractivity contribution < 1.29 is 0 Å². The Morgan fingerprint density at radius 1 is 0.909 bits per heavy atom. The summed E-state index contributed by atoms with van der Waals surface area (Å²) >= 11 is 0. The lowest BCUT2D eigenvalue weighted by molar-refractivity contribution is 0.549. The van der Waals surface area contributed by atoms with E-state index in [4.69, 9.17) is 0 Å². The third-order valence-electron chi connectivity index (χ3n) is 5.93. The van der Waals surface area contributed by atoms with E-state index in [0.29, 0.717) is 17.3 Å². The summed E-state index contributed by atoms with van der Waals surface area (Å²) in [4.78, 5) is 3.75. The van der Waals surface area contributed by atoms with Crippen LogP contribution in [0.25, 0.3) is 11.3 Å². The second-order valence-electron chi connectivity index (χ2n) is 7.92. The zero-order chi connectivity index (χ0) is 15.5. The highest BCUT2D eigenvalue weighted by atomic mass is 14.8. The summed E-state index contributed by atoms with van der Waals surface area (Å²) in [7, 11) is 0. The van der Waals surface area contributed by atoms with Crippen LogP contribution in [0.2, 0.25) is 0 Å². The van der Waals surface area contributed by atoms with E-state index in [1.165, 1.54) is 48.2 Å². The summed E-state index contributed by atoms with van der Waals surface area (Å²) in [5, 5.41) is 0. The predicted molar refractivity (Wildman–Crippen MR) is 93.7 cm³/mol. The first-order chi connectivity index (χ1) is 10.5. The van der Waals surface area contributed by atoms with Gasteiger partial charge in [0.2, 0.25) is 0 Å². The van der Waals surface area contributed by atoms with Gasteiger partial charge in [0, 0.05) is 16.7 Å². The Labute approximate surface area is 134 Å². The SMILES string of the molecule is CC(C)c1ccc2c(c1)C1(CCCC1)c1cc(C(C)C)[nH]c1-2. The fourth-order valence-corrected chi connectivity index (χ4v) is 4.57. The molecule has 0 amide bonds. The molecule has 0 bridgehead atoms. The molecule has 0 atom stereocenters. The Morgan fingerprint density at radius 3 is 2.27 bits per heavy atom. The Hall–Kier alpha value is -1.50. The number of hydrogen-bond acceptors (Lipinski definition) is 0. The molecule has 1 nitrogen and oxygen atoms in total. The maximum atomic E-state index is 3.75. The third kappa shape index (κ3) is 1.77. The molecule has 1 aromatic heterocycles. The lowest BCUT2D eigenvalue weighted by Crippen LogP contribution is -2.20.